The molecule has 0 saturated heterocycles. The van der Waals surface area contributed by atoms with Gasteiger partial charge in [-0.2, -0.15) is 0 Å². The highest BCUT2D eigenvalue weighted by molar-refractivity contribution is 6.10. The summed E-state index contributed by atoms with van der Waals surface area (Å²) in [5, 5.41) is 9.19. The van der Waals surface area contributed by atoms with Crippen LogP contribution in [0.1, 0.15) is 39.9 Å². The lowest BCUT2D eigenvalue weighted by atomic mass is 9.96. The Hall–Kier alpha value is -2.83. The van der Waals surface area contributed by atoms with Crippen molar-refractivity contribution in [3.8, 4) is 0 Å². The molecule has 1 aromatic carbocycles. The number of aryl methyl sites for hydroxylation is 1. The summed E-state index contributed by atoms with van der Waals surface area (Å²) in [6, 6.07) is 4.07. The number of rotatable bonds is 2. The van der Waals surface area contributed by atoms with Crippen molar-refractivity contribution < 1.29 is 19.1 Å². The molecule has 1 aromatic heterocycles. The van der Waals surface area contributed by atoms with Gasteiger partial charge >= 0.3 is 5.97 Å². The number of carboxylic acid groups (broad SMARTS) is 1. The fourth-order valence-electron chi connectivity index (χ4n) is 2.79. The second kappa shape index (κ2) is 5.75. The maximum Gasteiger partial charge on any atom is 0.356 e. The fourth-order valence-corrected chi connectivity index (χ4v) is 2.79. The van der Waals surface area contributed by atoms with Crippen LogP contribution in [-0.4, -0.2) is 33.0 Å². The first-order valence-corrected chi connectivity index (χ1v) is 7.15. The number of aromatic carboxylic acids is 1. The van der Waals surface area contributed by atoms with E-state index in [0.29, 0.717) is 18.5 Å². The first-order chi connectivity index (χ1) is 11.0. The van der Waals surface area contributed by atoms with Crippen molar-refractivity contribution in [3.05, 3.63) is 53.4 Å². The van der Waals surface area contributed by atoms with Crippen molar-refractivity contribution in [2.24, 2.45) is 0 Å². The summed E-state index contributed by atoms with van der Waals surface area (Å²) in [6.45, 7) is 1.86. The van der Waals surface area contributed by atoms with Crippen LogP contribution < -0.4 is 4.90 Å². The highest BCUT2D eigenvalue weighted by atomic mass is 19.1. The Bertz CT molecular complexity index is 794. The standard InChI is InChI=1S/C16H14FN3O3/c1-9-2-3-10-8-11(17)4-5-12(10)20(9)15(21)13-14(16(22)23)19-7-6-18-13/h4-9H,2-3H2,1H3,(H,22,23). The molecule has 1 atom stereocenters. The molecule has 0 radical (unpaired) electrons. The van der Waals surface area contributed by atoms with Crippen molar-refractivity contribution in [2.45, 2.75) is 25.8 Å². The average molecular weight is 315 g/mol. The van der Waals surface area contributed by atoms with Gasteiger partial charge in [0.15, 0.2) is 11.4 Å². The third kappa shape index (κ3) is 2.65. The van der Waals surface area contributed by atoms with Crippen molar-refractivity contribution in [1.82, 2.24) is 9.97 Å². The molecule has 0 aliphatic carbocycles. The van der Waals surface area contributed by atoms with E-state index in [1.54, 1.807) is 0 Å². The van der Waals surface area contributed by atoms with Crippen LogP contribution in [0.3, 0.4) is 0 Å². The first-order valence-electron chi connectivity index (χ1n) is 7.15. The lowest BCUT2D eigenvalue weighted by molar-refractivity contribution is 0.0684. The van der Waals surface area contributed by atoms with Crippen LogP contribution in [0.5, 0.6) is 0 Å². The van der Waals surface area contributed by atoms with Crippen LogP contribution in [0.2, 0.25) is 0 Å². The third-order valence-electron chi connectivity index (χ3n) is 3.90. The van der Waals surface area contributed by atoms with Gasteiger partial charge in [0.25, 0.3) is 5.91 Å². The van der Waals surface area contributed by atoms with E-state index < -0.39 is 11.9 Å². The number of halogens is 1. The number of carbonyl (C=O) groups is 2. The predicted molar refractivity (Wildman–Crippen MR) is 80.0 cm³/mol. The smallest absolute Gasteiger partial charge is 0.356 e. The molecule has 118 valence electrons. The van der Waals surface area contributed by atoms with Crippen molar-refractivity contribution in [2.75, 3.05) is 4.90 Å². The molecule has 1 aliphatic rings. The van der Waals surface area contributed by atoms with Crippen molar-refractivity contribution >= 4 is 17.6 Å². The van der Waals surface area contributed by atoms with Crippen LogP contribution in [0, 0.1) is 5.82 Å². The van der Waals surface area contributed by atoms with Crippen LogP contribution in [0.15, 0.2) is 30.6 Å². The Kier molecular flexibility index (Phi) is 3.77. The van der Waals surface area contributed by atoms with Crippen LogP contribution in [-0.2, 0) is 6.42 Å². The number of carboxylic acids is 1. The minimum atomic E-state index is -1.31. The van der Waals surface area contributed by atoms with Crippen LogP contribution >= 0.6 is 0 Å². The summed E-state index contributed by atoms with van der Waals surface area (Å²) in [5.74, 6) is -2.22. The number of fused-ring (bicyclic) bond motifs is 1. The topological polar surface area (TPSA) is 83.4 Å². The zero-order valence-electron chi connectivity index (χ0n) is 12.4. The highest BCUT2D eigenvalue weighted by Gasteiger charge is 2.32. The van der Waals surface area contributed by atoms with E-state index >= 15 is 0 Å². The number of aromatic nitrogens is 2. The molecular formula is C16H14FN3O3. The van der Waals surface area contributed by atoms with E-state index in [4.69, 9.17) is 0 Å². The zero-order valence-corrected chi connectivity index (χ0v) is 12.4. The Morgan fingerprint density at radius 2 is 1.96 bits per heavy atom. The Morgan fingerprint density at radius 3 is 2.65 bits per heavy atom. The summed E-state index contributed by atoms with van der Waals surface area (Å²) >= 11 is 0. The molecule has 0 saturated carbocycles. The SMILES string of the molecule is CC1CCc2cc(F)ccc2N1C(=O)c1nccnc1C(=O)O. The minimum Gasteiger partial charge on any atom is -0.476 e. The van der Waals surface area contributed by atoms with Crippen LogP contribution in [0.4, 0.5) is 10.1 Å². The normalized spacial score (nSPS) is 16.8. The Labute approximate surface area is 131 Å². The van der Waals surface area contributed by atoms with Crippen LogP contribution in [0.25, 0.3) is 0 Å². The summed E-state index contributed by atoms with van der Waals surface area (Å²) in [6.07, 6.45) is 3.82. The number of carbonyl (C=O) groups excluding carboxylic acids is 1. The average Bonchev–Trinajstić information content (AvgIpc) is 2.54. The third-order valence-corrected chi connectivity index (χ3v) is 3.90. The molecule has 3 rings (SSSR count). The molecule has 1 N–H and O–H groups in total. The van der Waals surface area contributed by atoms with Gasteiger partial charge in [-0.15, -0.1) is 0 Å². The van der Waals surface area contributed by atoms with Gasteiger partial charge in [-0.3, -0.25) is 4.79 Å². The molecule has 23 heavy (non-hydrogen) atoms. The lowest BCUT2D eigenvalue weighted by Crippen LogP contribution is -2.43. The van der Waals surface area contributed by atoms with Gasteiger partial charge in [-0.1, -0.05) is 0 Å². The Balaban J connectivity index is 2.08. The zero-order chi connectivity index (χ0) is 16.6. The van der Waals surface area contributed by atoms with Gasteiger partial charge in [-0.25, -0.2) is 19.2 Å². The molecule has 2 aromatic rings. The number of hydrogen-bond donors (Lipinski definition) is 1. The molecule has 7 heteroatoms. The molecule has 0 spiro atoms. The quantitative estimate of drug-likeness (QED) is 0.919. The van der Waals surface area contributed by atoms with Gasteiger partial charge in [-0.05, 0) is 43.5 Å². The lowest BCUT2D eigenvalue weighted by Gasteiger charge is -2.35. The number of anilines is 1. The van der Waals surface area contributed by atoms with Gasteiger partial charge < -0.3 is 10.0 Å². The second-order valence-electron chi connectivity index (χ2n) is 5.39. The monoisotopic (exact) mass is 315 g/mol. The maximum absolute atomic E-state index is 13.4. The molecule has 6 nitrogen and oxygen atoms in total. The molecular weight excluding hydrogens is 301 g/mol. The largest absolute Gasteiger partial charge is 0.476 e. The molecule has 1 unspecified atom stereocenters. The minimum absolute atomic E-state index is 0.149. The molecule has 0 bridgehead atoms. The molecule has 2 heterocycles. The molecule has 1 amide bonds. The summed E-state index contributed by atoms with van der Waals surface area (Å²) in [5.41, 5.74) is 0.692. The van der Waals surface area contributed by atoms with E-state index in [2.05, 4.69) is 9.97 Å². The van der Waals surface area contributed by atoms with Gasteiger partial charge in [0, 0.05) is 24.1 Å². The number of amides is 1. The first kappa shape index (κ1) is 15.1. The van der Waals surface area contributed by atoms with Gasteiger partial charge in [0.05, 0.1) is 0 Å². The number of benzene rings is 1. The number of nitrogens with zero attached hydrogens (tertiary/aromatic N) is 3. The summed E-state index contributed by atoms with van der Waals surface area (Å²) in [4.78, 5) is 33.2. The fraction of sp³-hybridized carbons (Fsp3) is 0.250. The van der Waals surface area contributed by atoms with Gasteiger partial charge in [0.1, 0.15) is 5.82 Å². The predicted octanol–water partition coefficient (Wildman–Crippen LogP) is 2.30. The summed E-state index contributed by atoms with van der Waals surface area (Å²) < 4.78 is 13.4. The van der Waals surface area contributed by atoms with Gasteiger partial charge in [0.2, 0.25) is 0 Å². The summed E-state index contributed by atoms with van der Waals surface area (Å²) in [7, 11) is 0. The van der Waals surface area contributed by atoms with E-state index in [9.17, 15) is 19.1 Å². The maximum atomic E-state index is 13.4. The number of hydrogen-bond acceptors (Lipinski definition) is 4. The molecule has 1 aliphatic heterocycles. The van der Waals surface area contributed by atoms with Crippen molar-refractivity contribution in [1.29, 1.82) is 0 Å². The van der Waals surface area contributed by atoms with E-state index in [-0.39, 0.29) is 23.2 Å². The van der Waals surface area contributed by atoms with E-state index in [1.165, 1.54) is 35.5 Å². The molecule has 0 fully saturated rings. The Morgan fingerprint density at radius 1 is 1.26 bits per heavy atom. The highest BCUT2D eigenvalue weighted by Crippen LogP contribution is 2.32. The van der Waals surface area contributed by atoms with Crippen molar-refractivity contribution in [3.63, 3.8) is 0 Å². The van der Waals surface area contributed by atoms with E-state index in [0.717, 1.165) is 5.56 Å². The van der Waals surface area contributed by atoms with E-state index in [1.807, 2.05) is 6.92 Å². The second-order valence-corrected chi connectivity index (χ2v) is 5.39.